The van der Waals surface area contributed by atoms with Gasteiger partial charge in [-0.05, 0) is 36.6 Å². The number of carbonyl (C=O) groups is 1. The molecule has 0 saturated heterocycles. The zero-order valence-corrected chi connectivity index (χ0v) is 10.1. The van der Waals surface area contributed by atoms with Crippen molar-refractivity contribution in [2.45, 2.75) is 24.9 Å². The van der Waals surface area contributed by atoms with Crippen molar-refractivity contribution in [1.29, 1.82) is 0 Å². The van der Waals surface area contributed by atoms with Crippen molar-refractivity contribution >= 4 is 21.9 Å². The molecule has 0 bridgehead atoms. The molecule has 86 valence electrons. The van der Waals surface area contributed by atoms with Crippen LogP contribution in [0.25, 0.3) is 0 Å². The monoisotopic (exact) mass is 287 g/mol. The van der Waals surface area contributed by atoms with E-state index >= 15 is 0 Å². The summed E-state index contributed by atoms with van der Waals surface area (Å²) in [6, 6.07) is 4.54. The van der Waals surface area contributed by atoms with Crippen molar-refractivity contribution in [2.24, 2.45) is 0 Å². The minimum absolute atomic E-state index is 0.327. The maximum atomic E-state index is 13.0. The van der Waals surface area contributed by atoms with Gasteiger partial charge >= 0.3 is 5.97 Å². The van der Waals surface area contributed by atoms with Gasteiger partial charge in [0.25, 0.3) is 0 Å². The Hall–Kier alpha value is -0.940. The van der Waals surface area contributed by atoms with Crippen molar-refractivity contribution in [3.8, 4) is 0 Å². The number of rotatable bonds is 4. The van der Waals surface area contributed by atoms with Gasteiger partial charge in [0.05, 0.1) is 0 Å². The summed E-state index contributed by atoms with van der Waals surface area (Å²) in [5, 5.41) is 11.9. The van der Waals surface area contributed by atoms with E-state index < -0.39 is 11.5 Å². The van der Waals surface area contributed by atoms with Gasteiger partial charge in [0.2, 0.25) is 0 Å². The van der Waals surface area contributed by atoms with E-state index in [9.17, 15) is 9.18 Å². The smallest absolute Gasteiger partial charge is 0.323 e. The Balaban J connectivity index is 2.02. The van der Waals surface area contributed by atoms with Crippen LogP contribution in [0.4, 0.5) is 4.39 Å². The summed E-state index contributed by atoms with van der Waals surface area (Å²) in [5.41, 5.74) is -0.0434. The van der Waals surface area contributed by atoms with E-state index in [1.54, 1.807) is 6.07 Å². The molecule has 0 amide bonds. The van der Waals surface area contributed by atoms with Crippen LogP contribution >= 0.6 is 15.9 Å². The number of hydrogen-bond acceptors (Lipinski definition) is 2. The van der Waals surface area contributed by atoms with Gasteiger partial charge < -0.3 is 5.11 Å². The zero-order valence-electron chi connectivity index (χ0n) is 8.46. The van der Waals surface area contributed by atoms with Crippen LogP contribution in [0.1, 0.15) is 18.4 Å². The molecule has 0 aromatic heterocycles. The molecule has 0 atom stereocenters. The fourth-order valence-corrected chi connectivity index (χ4v) is 2.09. The quantitative estimate of drug-likeness (QED) is 0.893. The van der Waals surface area contributed by atoms with E-state index in [0.29, 0.717) is 23.9 Å². The summed E-state index contributed by atoms with van der Waals surface area (Å²) < 4.78 is 13.7. The Morgan fingerprint density at radius 3 is 2.69 bits per heavy atom. The van der Waals surface area contributed by atoms with Gasteiger partial charge in [0.1, 0.15) is 11.4 Å². The first-order chi connectivity index (χ1) is 7.52. The summed E-state index contributed by atoms with van der Waals surface area (Å²) in [7, 11) is 0. The first kappa shape index (κ1) is 11.5. The molecular formula is C11H11BrFNO2. The molecular weight excluding hydrogens is 277 g/mol. The first-order valence-electron chi connectivity index (χ1n) is 4.95. The van der Waals surface area contributed by atoms with Crippen LogP contribution in [0.5, 0.6) is 0 Å². The summed E-state index contributed by atoms with van der Waals surface area (Å²) in [4.78, 5) is 10.9. The highest BCUT2D eigenvalue weighted by molar-refractivity contribution is 9.10. The van der Waals surface area contributed by atoms with E-state index in [1.807, 2.05) is 0 Å². The van der Waals surface area contributed by atoms with Gasteiger partial charge in [-0.3, -0.25) is 10.1 Å². The standard InChI is InChI=1S/C11H11BrFNO2/c12-8-3-7(4-9(13)5-8)6-14-11(1-2-11)10(15)16/h3-5,14H,1-2,6H2,(H,15,16). The van der Waals surface area contributed by atoms with Gasteiger partial charge in [-0.15, -0.1) is 0 Å². The summed E-state index contributed by atoms with van der Waals surface area (Å²) in [6.45, 7) is 0.364. The zero-order chi connectivity index (χ0) is 11.8. The maximum Gasteiger partial charge on any atom is 0.323 e. The second-order valence-corrected chi connectivity index (χ2v) is 4.93. The average Bonchev–Trinajstić information content (AvgIpc) is 2.94. The SMILES string of the molecule is O=C(O)C1(NCc2cc(F)cc(Br)c2)CC1. The van der Waals surface area contributed by atoms with Gasteiger partial charge in [0.15, 0.2) is 0 Å². The van der Waals surface area contributed by atoms with Crippen molar-refractivity contribution in [3.05, 3.63) is 34.1 Å². The predicted octanol–water partition coefficient (Wildman–Crippen LogP) is 2.29. The molecule has 3 nitrogen and oxygen atoms in total. The molecule has 1 aromatic carbocycles. The van der Waals surface area contributed by atoms with Crippen molar-refractivity contribution in [2.75, 3.05) is 0 Å². The highest BCUT2D eigenvalue weighted by Crippen LogP contribution is 2.35. The summed E-state index contributed by atoms with van der Waals surface area (Å²) in [5.74, 6) is -1.16. The van der Waals surface area contributed by atoms with Crippen LogP contribution in [0, 0.1) is 5.82 Å². The molecule has 1 fully saturated rings. The number of carboxylic acids is 1. The van der Waals surface area contributed by atoms with Crippen LogP contribution in [0.3, 0.4) is 0 Å². The van der Waals surface area contributed by atoms with Gasteiger partial charge in [-0.25, -0.2) is 4.39 Å². The Bertz CT molecular complexity index is 412. The number of aliphatic carboxylic acids is 1. The third kappa shape index (κ3) is 2.41. The maximum absolute atomic E-state index is 13.0. The Labute approximate surface area is 101 Å². The molecule has 0 aliphatic heterocycles. The van der Waals surface area contributed by atoms with Crippen molar-refractivity contribution in [1.82, 2.24) is 5.32 Å². The summed E-state index contributed by atoms with van der Waals surface area (Å²) in [6.07, 6.45) is 1.28. The molecule has 16 heavy (non-hydrogen) atoms. The molecule has 0 radical (unpaired) electrons. The van der Waals surface area contributed by atoms with Crippen LogP contribution in [0.15, 0.2) is 22.7 Å². The van der Waals surface area contributed by atoms with Crippen molar-refractivity contribution in [3.63, 3.8) is 0 Å². The van der Waals surface area contributed by atoms with Crippen LogP contribution in [0.2, 0.25) is 0 Å². The minimum Gasteiger partial charge on any atom is -0.480 e. The Morgan fingerprint density at radius 1 is 1.50 bits per heavy atom. The number of carboxylic acid groups (broad SMARTS) is 1. The first-order valence-corrected chi connectivity index (χ1v) is 5.74. The third-order valence-corrected chi connectivity index (χ3v) is 3.17. The molecule has 2 N–H and O–H groups in total. The molecule has 2 rings (SSSR count). The molecule has 0 heterocycles. The fourth-order valence-electron chi connectivity index (χ4n) is 1.58. The summed E-state index contributed by atoms with van der Waals surface area (Å²) >= 11 is 3.19. The number of hydrogen-bond donors (Lipinski definition) is 2. The lowest BCUT2D eigenvalue weighted by Gasteiger charge is -2.12. The van der Waals surface area contributed by atoms with E-state index in [-0.39, 0.29) is 5.82 Å². The topological polar surface area (TPSA) is 49.3 Å². The van der Waals surface area contributed by atoms with Gasteiger partial charge in [-0.1, -0.05) is 15.9 Å². The normalized spacial score (nSPS) is 17.1. The average molecular weight is 288 g/mol. The lowest BCUT2D eigenvalue weighted by molar-refractivity contribution is -0.140. The molecule has 1 aromatic rings. The highest BCUT2D eigenvalue weighted by atomic mass is 79.9. The molecule has 1 aliphatic rings. The van der Waals surface area contributed by atoms with E-state index in [0.717, 1.165) is 5.56 Å². The lowest BCUT2D eigenvalue weighted by atomic mass is 10.2. The second kappa shape index (κ2) is 4.14. The largest absolute Gasteiger partial charge is 0.480 e. The highest BCUT2D eigenvalue weighted by Gasteiger charge is 2.49. The number of nitrogens with one attached hydrogen (secondary N) is 1. The lowest BCUT2D eigenvalue weighted by Crippen LogP contribution is -2.38. The molecule has 1 saturated carbocycles. The number of halogens is 2. The van der Waals surface area contributed by atoms with Gasteiger partial charge in [0, 0.05) is 11.0 Å². The van der Waals surface area contributed by atoms with E-state index in [1.165, 1.54) is 12.1 Å². The Morgan fingerprint density at radius 2 is 2.19 bits per heavy atom. The predicted molar refractivity (Wildman–Crippen MR) is 60.5 cm³/mol. The second-order valence-electron chi connectivity index (χ2n) is 4.02. The number of benzene rings is 1. The van der Waals surface area contributed by atoms with Crippen LogP contribution in [-0.2, 0) is 11.3 Å². The minimum atomic E-state index is -0.831. The van der Waals surface area contributed by atoms with E-state index in [4.69, 9.17) is 5.11 Å². The van der Waals surface area contributed by atoms with E-state index in [2.05, 4.69) is 21.2 Å². The van der Waals surface area contributed by atoms with Gasteiger partial charge in [-0.2, -0.15) is 0 Å². The molecule has 1 aliphatic carbocycles. The van der Waals surface area contributed by atoms with Crippen LogP contribution in [-0.4, -0.2) is 16.6 Å². The molecule has 0 spiro atoms. The van der Waals surface area contributed by atoms with Crippen molar-refractivity contribution < 1.29 is 14.3 Å². The third-order valence-electron chi connectivity index (χ3n) is 2.71. The van der Waals surface area contributed by atoms with Crippen LogP contribution < -0.4 is 5.32 Å². The molecule has 0 unspecified atom stereocenters. The molecule has 5 heteroatoms. The fraction of sp³-hybridized carbons (Fsp3) is 0.364. The Kier molecular flexibility index (Phi) is 2.99.